The van der Waals surface area contributed by atoms with Gasteiger partial charge in [-0.1, -0.05) is 44.0 Å². The molecule has 0 radical (unpaired) electrons. The molecular weight excluding hydrogens is 460 g/mol. The number of halogens is 2. The molecular formula is C20H18Br2N2O2. The van der Waals surface area contributed by atoms with E-state index in [2.05, 4.69) is 37.2 Å². The second kappa shape index (κ2) is 9.56. The molecule has 0 aliphatic rings. The van der Waals surface area contributed by atoms with Crippen LogP contribution in [0.2, 0.25) is 0 Å². The van der Waals surface area contributed by atoms with Crippen LogP contribution in [0.4, 0.5) is 0 Å². The van der Waals surface area contributed by atoms with Crippen molar-refractivity contribution in [3.05, 3.63) is 68.1 Å². The molecule has 0 bridgehead atoms. The molecule has 1 amide bonds. The first-order valence-electron chi connectivity index (χ1n) is 7.98. The molecule has 0 aliphatic carbocycles. The molecule has 2 rings (SSSR count). The number of carbonyl (C=O) groups excluding carboxylic acids is 1. The Morgan fingerprint density at radius 3 is 2.46 bits per heavy atom. The maximum Gasteiger partial charge on any atom is 0.262 e. The summed E-state index contributed by atoms with van der Waals surface area (Å²) in [6.07, 6.45) is 1.54. The van der Waals surface area contributed by atoms with E-state index in [0.29, 0.717) is 17.9 Å². The lowest BCUT2D eigenvalue weighted by Gasteiger charge is -2.11. The number of rotatable bonds is 6. The Labute approximate surface area is 170 Å². The number of carbonyl (C=O) groups is 1. The minimum Gasteiger partial charge on any atom is -0.488 e. The summed E-state index contributed by atoms with van der Waals surface area (Å²) in [5.74, 6) is 0.197. The van der Waals surface area contributed by atoms with Crippen LogP contribution < -0.4 is 10.1 Å². The summed E-state index contributed by atoms with van der Waals surface area (Å²) in [5, 5.41) is 12.1. The average molecular weight is 478 g/mol. The summed E-state index contributed by atoms with van der Waals surface area (Å²) in [5.41, 5.74) is 1.71. The second-order valence-electron chi connectivity index (χ2n) is 5.90. The Morgan fingerprint density at radius 2 is 1.85 bits per heavy atom. The molecule has 0 aromatic heterocycles. The van der Waals surface area contributed by atoms with Crippen molar-refractivity contribution >= 4 is 43.8 Å². The minimum absolute atomic E-state index is 0.0327. The number of nitrogens with one attached hydrogen (secondary N) is 1. The highest BCUT2D eigenvalue weighted by molar-refractivity contribution is 9.10. The summed E-state index contributed by atoms with van der Waals surface area (Å²) in [4.78, 5) is 12.1. The van der Waals surface area contributed by atoms with Crippen LogP contribution in [0, 0.1) is 11.3 Å². The highest BCUT2D eigenvalue weighted by Crippen LogP contribution is 2.26. The van der Waals surface area contributed by atoms with Crippen LogP contribution in [-0.4, -0.2) is 11.9 Å². The Bertz CT molecular complexity index is 853. The summed E-state index contributed by atoms with van der Waals surface area (Å²) >= 11 is 6.82. The monoisotopic (exact) mass is 476 g/mol. The van der Waals surface area contributed by atoms with Crippen LogP contribution in [0.25, 0.3) is 6.08 Å². The van der Waals surface area contributed by atoms with Crippen molar-refractivity contribution < 1.29 is 9.53 Å². The van der Waals surface area contributed by atoms with Gasteiger partial charge in [0, 0.05) is 20.6 Å². The van der Waals surface area contributed by atoms with E-state index in [1.165, 1.54) is 0 Å². The third-order valence-corrected chi connectivity index (χ3v) is 4.39. The predicted octanol–water partition coefficient (Wildman–Crippen LogP) is 5.22. The van der Waals surface area contributed by atoms with Crippen molar-refractivity contribution in [1.82, 2.24) is 5.32 Å². The summed E-state index contributed by atoms with van der Waals surface area (Å²) in [6, 6.07) is 15.2. The van der Waals surface area contributed by atoms with Gasteiger partial charge in [-0.25, -0.2) is 0 Å². The summed E-state index contributed by atoms with van der Waals surface area (Å²) in [6.45, 7) is 4.08. The van der Waals surface area contributed by atoms with Gasteiger partial charge in [0.05, 0.1) is 0 Å². The van der Waals surface area contributed by atoms with Crippen LogP contribution >= 0.6 is 31.9 Å². The Kier molecular flexibility index (Phi) is 7.43. The zero-order valence-corrected chi connectivity index (χ0v) is 17.6. The summed E-state index contributed by atoms with van der Waals surface area (Å²) < 4.78 is 7.74. The second-order valence-corrected chi connectivity index (χ2v) is 7.73. The van der Waals surface area contributed by atoms with Gasteiger partial charge in [-0.15, -0.1) is 0 Å². The lowest BCUT2D eigenvalue weighted by molar-refractivity contribution is -0.117. The number of hydrogen-bond acceptors (Lipinski definition) is 3. The molecule has 0 fully saturated rings. The van der Waals surface area contributed by atoms with Gasteiger partial charge >= 0.3 is 0 Å². The van der Waals surface area contributed by atoms with E-state index >= 15 is 0 Å². The standard InChI is InChI=1S/C20H18Br2N2O2/c1-13(2)24-20(25)16(11-23)9-15-10-18(22)7-8-19(15)26-12-14-3-5-17(21)6-4-14/h3-10,13H,12H2,1-2H3,(H,24,25)/b16-9-. The van der Waals surface area contributed by atoms with Gasteiger partial charge < -0.3 is 10.1 Å². The fourth-order valence-corrected chi connectivity index (χ4v) is 2.79. The van der Waals surface area contributed by atoms with Gasteiger partial charge in [0.15, 0.2) is 0 Å². The molecule has 1 N–H and O–H groups in total. The van der Waals surface area contributed by atoms with E-state index < -0.39 is 5.91 Å². The maximum atomic E-state index is 12.1. The molecule has 0 saturated heterocycles. The van der Waals surface area contributed by atoms with Gasteiger partial charge in [0.2, 0.25) is 0 Å². The number of benzene rings is 2. The molecule has 6 heteroatoms. The number of nitriles is 1. The number of ether oxygens (including phenoxy) is 1. The SMILES string of the molecule is CC(C)NC(=O)/C(C#N)=C\c1cc(Br)ccc1OCc1ccc(Br)cc1. The summed E-state index contributed by atoms with van der Waals surface area (Å²) in [7, 11) is 0. The number of nitrogens with zero attached hydrogens (tertiary/aromatic N) is 1. The molecule has 134 valence electrons. The van der Waals surface area contributed by atoms with E-state index in [1.54, 1.807) is 6.08 Å². The molecule has 0 atom stereocenters. The van der Waals surface area contributed by atoms with E-state index in [0.717, 1.165) is 14.5 Å². The Hall–Kier alpha value is -2.10. The quantitative estimate of drug-likeness (QED) is 0.458. The lowest BCUT2D eigenvalue weighted by Crippen LogP contribution is -2.30. The maximum absolute atomic E-state index is 12.1. The van der Waals surface area contributed by atoms with Crippen LogP contribution in [0.3, 0.4) is 0 Å². The van der Waals surface area contributed by atoms with Crippen LogP contribution in [0.1, 0.15) is 25.0 Å². The predicted molar refractivity (Wildman–Crippen MR) is 109 cm³/mol. The smallest absolute Gasteiger partial charge is 0.262 e. The van der Waals surface area contributed by atoms with Crippen molar-refractivity contribution in [2.45, 2.75) is 26.5 Å². The molecule has 0 spiro atoms. The van der Waals surface area contributed by atoms with Crippen molar-refractivity contribution in [3.8, 4) is 11.8 Å². The lowest BCUT2D eigenvalue weighted by atomic mass is 10.1. The molecule has 2 aromatic rings. The van der Waals surface area contributed by atoms with Gasteiger partial charge in [-0.05, 0) is 55.8 Å². The van der Waals surface area contributed by atoms with Crippen molar-refractivity contribution in [3.63, 3.8) is 0 Å². The van der Waals surface area contributed by atoms with Crippen molar-refractivity contribution in [1.29, 1.82) is 5.26 Å². The first-order valence-corrected chi connectivity index (χ1v) is 9.57. The highest BCUT2D eigenvalue weighted by atomic mass is 79.9. The molecule has 0 aliphatic heterocycles. The average Bonchev–Trinajstić information content (AvgIpc) is 2.59. The third-order valence-electron chi connectivity index (χ3n) is 3.36. The van der Waals surface area contributed by atoms with E-state index in [4.69, 9.17) is 4.74 Å². The first-order chi connectivity index (χ1) is 12.4. The third kappa shape index (κ3) is 6.01. The van der Waals surface area contributed by atoms with Gasteiger partial charge in [0.1, 0.15) is 24.0 Å². The van der Waals surface area contributed by atoms with E-state index in [1.807, 2.05) is 62.4 Å². The van der Waals surface area contributed by atoms with Crippen molar-refractivity contribution in [2.75, 3.05) is 0 Å². The minimum atomic E-state index is -0.402. The van der Waals surface area contributed by atoms with E-state index in [-0.39, 0.29) is 11.6 Å². The van der Waals surface area contributed by atoms with Crippen LogP contribution in [0.15, 0.2) is 57.0 Å². The van der Waals surface area contributed by atoms with Gasteiger partial charge in [-0.3, -0.25) is 4.79 Å². The molecule has 26 heavy (non-hydrogen) atoms. The zero-order valence-electron chi connectivity index (χ0n) is 14.4. The molecule has 0 heterocycles. The van der Waals surface area contributed by atoms with E-state index in [9.17, 15) is 10.1 Å². The number of hydrogen-bond donors (Lipinski definition) is 1. The van der Waals surface area contributed by atoms with Gasteiger partial charge in [-0.2, -0.15) is 5.26 Å². The normalized spacial score (nSPS) is 11.2. The Morgan fingerprint density at radius 1 is 1.19 bits per heavy atom. The highest BCUT2D eigenvalue weighted by Gasteiger charge is 2.12. The number of amides is 1. The molecule has 4 nitrogen and oxygen atoms in total. The van der Waals surface area contributed by atoms with Crippen LogP contribution in [-0.2, 0) is 11.4 Å². The van der Waals surface area contributed by atoms with Gasteiger partial charge in [0.25, 0.3) is 5.91 Å². The molecule has 0 saturated carbocycles. The first kappa shape index (κ1) is 20.2. The fourth-order valence-electron chi connectivity index (χ4n) is 2.15. The Balaban J connectivity index is 2.26. The molecule has 0 unspecified atom stereocenters. The van der Waals surface area contributed by atoms with Crippen molar-refractivity contribution in [2.24, 2.45) is 0 Å². The van der Waals surface area contributed by atoms with Crippen LogP contribution in [0.5, 0.6) is 5.75 Å². The topological polar surface area (TPSA) is 62.1 Å². The fraction of sp³-hybridized carbons (Fsp3) is 0.200. The largest absolute Gasteiger partial charge is 0.488 e. The zero-order chi connectivity index (χ0) is 19.1. The molecule has 2 aromatic carbocycles.